The quantitative estimate of drug-likeness (QED) is 0.762. The van der Waals surface area contributed by atoms with Crippen LogP contribution in [0.4, 0.5) is 4.39 Å². The van der Waals surface area contributed by atoms with Crippen molar-refractivity contribution in [2.45, 2.75) is 18.9 Å². The van der Waals surface area contributed by atoms with Crippen LogP contribution in [0.1, 0.15) is 12.0 Å². The summed E-state index contributed by atoms with van der Waals surface area (Å²) in [4.78, 5) is 0. The molecule has 0 bridgehead atoms. The molecule has 0 heterocycles. The summed E-state index contributed by atoms with van der Waals surface area (Å²) in [6, 6.07) is 5.14. The van der Waals surface area contributed by atoms with Gasteiger partial charge in [0.1, 0.15) is 5.82 Å². The third-order valence-electron chi connectivity index (χ3n) is 2.36. The average molecular weight is 228 g/mol. The first-order valence-corrected chi connectivity index (χ1v) is 5.28. The van der Waals surface area contributed by atoms with E-state index >= 15 is 0 Å². The van der Waals surface area contributed by atoms with Crippen LogP contribution in [0.15, 0.2) is 30.9 Å². The molecule has 0 radical (unpaired) electrons. The predicted molar refractivity (Wildman–Crippen MR) is 62.8 cm³/mol. The van der Waals surface area contributed by atoms with Gasteiger partial charge in [0.25, 0.3) is 0 Å². The highest BCUT2D eigenvalue weighted by Gasteiger charge is 2.10. The fourth-order valence-corrected chi connectivity index (χ4v) is 1.68. The van der Waals surface area contributed by atoms with Crippen LogP contribution in [0.25, 0.3) is 0 Å². The normalized spacial score (nSPS) is 12.5. The molecule has 1 rings (SSSR count). The maximum atomic E-state index is 13.1. The summed E-state index contributed by atoms with van der Waals surface area (Å²) in [5.74, 6) is -0.359. The molecule has 0 saturated heterocycles. The predicted octanol–water partition coefficient (Wildman–Crippen LogP) is 3.19. The molecule has 1 atom stereocenters. The van der Waals surface area contributed by atoms with Crippen LogP contribution in [0.3, 0.4) is 0 Å². The van der Waals surface area contributed by atoms with E-state index in [0.717, 1.165) is 12.0 Å². The molecule has 0 aliphatic carbocycles. The number of likely N-dealkylation sites (N-methyl/N-ethyl adjacent to an activating group) is 1. The Bertz CT molecular complexity index is 338. The molecule has 1 aromatic rings. The minimum absolute atomic E-state index is 0.224. The van der Waals surface area contributed by atoms with Crippen molar-refractivity contribution in [1.29, 1.82) is 0 Å². The molecule has 0 aliphatic rings. The van der Waals surface area contributed by atoms with Gasteiger partial charge in [0.15, 0.2) is 0 Å². The second-order valence-electron chi connectivity index (χ2n) is 3.43. The van der Waals surface area contributed by atoms with Crippen molar-refractivity contribution in [2.24, 2.45) is 0 Å². The molecule has 0 aromatic heterocycles. The second-order valence-corrected chi connectivity index (χ2v) is 3.81. The molecule has 15 heavy (non-hydrogen) atoms. The van der Waals surface area contributed by atoms with Crippen LogP contribution in [0, 0.1) is 5.82 Å². The highest BCUT2D eigenvalue weighted by atomic mass is 35.5. The smallest absolute Gasteiger partial charge is 0.142 e. The molecule has 1 nitrogen and oxygen atoms in total. The Hall–Kier alpha value is -0.860. The third-order valence-corrected chi connectivity index (χ3v) is 2.78. The molecule has 0 fully saturated rings. The number of hydrogen-bond acceptors (Lipinski definition) is 1. The molecular weight excluding hydrogens is 213 g/mol. The highest BCUT2D eigenvalue weighted by Crippen LogP contribution is 2.21. The van der Waals surface area contributed by atoms with Crippen LogP contribution < -0.4 is 5.32 Å². The van der Waals surface area contributed by atoms with Gasteiger partial charge in [-0.3, -0.25) is 0 Å². The van der Waals surface area contributed by atoms with Gasteiger partial charge in [-0.25, -0.2) is 4.39 Å². The first-order chi connectivity index (χ1) is 7.19. The van der Waals surface area contributed by atoms with Gasteiger partial charge in [0.2, 0.25) is 0 Å². The molecule has 0 amide bonds. The first-order valence-electron chi connectivity index (χ1n) is 4.90. The second kappa shape index (κ2) is 5.89. The van der Waals surface area contributed by atoms with E-state index in [9.17, 15) is 4.39 Å². The fraction of sp³-hybridized carbons (Fsp3) is 0.333. The Morgan fingerprint density at radius 2 is 2.33 bits per heavy atom. The Morgan fingerprint density at radius 3 is 2.93 bits per heavy atom. The molecule has 82 valence electrons. The molecule has 0 spiro atoms. The molecule has 0 saturated carbocycles. The lowest BCUT2D eigenvalue weighted by Gasteiger charge is -2.15. The van der Waals surface area contributed by atoms with Crippen molar-refractivity contribution in [3.05, 3.63) is 47.3 Å². The minimum atomic E-state index is -0.359. The lowest BCUT2D eigenvalue weighted by molar-refractivity contribution is 0.562. The molecule has 1 aromatic carbocycles. The van der Waals surface area contributed by atoms with Gasteiger partial charge in [-0.15, -0.1) is 6.58 Å². The molecule has 1 unspecified atom stereocenters. The number of hydrogen-bond donors (Lipinski definition) is 1. The Balaban J connectivity index is 2.78. The highest BCUT2D eigenvalue weighted by molar-refractivity contribution is 6.31. The van der Waals surface area contributed by atoms with Gasteiger partial charge >= 0.3 is 0 Å². The van der Waals surface area contributed by atoms with Crippen molar-refractivity contribution in [1.82, 2.24) is 5.32 Å². The van der Waals surface area contributed by atoms with E-state index in [1.807, 2.05) is 19.2 Å². The largest absolute Gasteiger partial charge is 0.316 e. The third kappa shape index (κ3) is 3.33. The topological polar surface area (TPSA) is 12.0 Å². The van der Waals surface area contributed by atoms with E-state index in [1.54, 1.807) is 6.07 Å². The summed E-state index contributed by atoms with van der Waals surface area (Å²) in [7, 11) is 1.88. The standard InChI is InChI=1S/C12H15ClFN/c1-3-5-10(15-2)8-9-6-4-7-11(14)12(9)13/h3-4,6-7,10,15H,1,5,8H2,2H3. The number of benzene rings is 1. The van der Waals surface area contributed by atoms with E-state index < -0.39 is 0 Å². The van der Waals surface area contributed by atoms with Crippen molar-refractivity contribution >= 4 is 11.6 Å². The summed E-state index contributed by atoms with van der Waals surface area (Å²) in [6.07, 6.45) is 3.39. The zero-order valence-electron chi connectivity index (χ0n) is 8.76. The minimum Gasteiger partial charge on any atom is -0.316 e. The van der Waals surface area contributed by atoms with Gasteiger partial charge in [-0.1, -0.05) is 29.8 Å². The van der Waals surface area contributed by atoms with Crippen LogP contribution in [-0.2, 0) is 6.42 Å². The maximum absolute atomic E-state index is 13.1. The zero-order valence-corrected chi connectivity index (χ0v) is 9.52. The van der Waals surface area contributed by atoms with E-state index in [0.29, 0.717) is 6.42 Å². The lowest BCUT2D eigenvalue weighted by Crippen LogP contribution is -2.26. The van der Waals surface area contributed by atoms with Gasteiger partial charge in [0.05, 0.1) is 5.02 Å². The number of halogens is 2. The summed E-state index contributed by atoms with van der Waals surface area (Å²) >= 11 is 5.87. The summed E-state index contributed by atoms with van der Waals surface area (Å²) < 4.78 is 13.1. The molecule has 1 N–H and O–H groups in total. The van der Waals surface area contributed by atoms with E-state index in [4.69, 9.17) is 11.6 Å². The van der Waals surface area contributed by atoms with Gasteiger partial charge in [0, 0.05) is 6.04 Å². The van der Waals surface area contributed by atoms with Crippen LogP contribution in [-0.4, -0.2) is 13.1 Å². The van der Waals surface area contributed by atoms with Gasteiger partial charge in [-0.2, -0.15) is 0 Å². The van der Waals surface area contributed by atoms with Crippen LogP contribution >= 0.6 is 11.6 Å². The van der Waals surface area contributed by atoms with Gasteiger partial charge in [-0.05, 0) is 31.5 Å². The van der Waals surface area contributed by atoms with E-state index in [2.05, 4.69) is 11.9 Å². The Morgan fingerprint density at radius 1 is 1.60 bits per heavy atom. The summed E-state index contributed by atoms with van der Waals surface area (Å²) in [5.41, 5.74) is 0.831. The number of nitrogens with one attached hydrogen (secondary N) is 1. The van der Waals surface area contributed by atoms with Gasteiger partial charge < -0.3 is 5.32 Å². The monoisotopic (exact) mass is 227 g/mol. The Labute approximate surface area is 95.0 Å². The van der Waals surface area contributed by atoms with Crippen molar-refractivity contribution in [3.63, 3.8) is 0 Å². The first kappa shape index (κ1) is 12.2. The van der Waals surface area contributed by atoms with Crippen LogP contribution in [0.2, 0.25) is 5.02 Å². The van der Waals surface area contributed by atoms with E-state index in [1.165, 1.54) is 6.07 Å². The fourth-order valence-electron chi connectivity index (χ4n) is 1.48. The molecule has 0 aliphatic heterocycles. The SMILES string of the molecule is C=CCC(Cc1cccc(F)c1Cl)NC. The van der Waals surface area contributed by atoms with Crippen molar-refractivity contribution in [2.75, 3.05) is 7.05 Å². The number of rotatable bonds is 5. The summed E-state index contributed by atoms with van der Waals surface area (Å²) in [6.45, 7) is 3.68. The Kier molecular flexibility index (Phi) is 4.79. The summed E-state index contributed by atoms with van der Waals surface area (Å²) in [5, 5.41) is 3.37. The molecule has 3 heteroatoms. The average Bonchev–Trinajstić information content (AvgIpc) is 2.24. The van der Waals surface area contributed by atoms with Crippen molar-refractivity contribution < 1.29 is 4.39 Å². The zero-order chi connectivity index (χ0) is 11.3. The van der Waals surface area contributed by atoms with Crippen LogP contribution in [0.5, 0.6) is 0 Å². The maximum Gasteiger partial charge on any atom is 0.142 e. The lowest BCUT2D eigenvalue weighted by atomic mass is 10.0. The van der Waals surface area contributed by atoms with E-state index in [-0.39, 0.29) is 16.9 Å². The molecular formula is C12H15ClFN. The van der Waals surface area contributed by atoms with Crippen molar-refractivity contribution in [3.8, 4) is 0 Å².